The average Bonchev–Trinajstić information content (AvgIpc) is 3.30. The normalized spacial score (nSPS) is 12.4. The van der Waals surface area contributed by atoms with Gasteiger partial charge in [-0.05, 0) is 18.9 Å². The van der Waals surface area contributed by atoms with E-state index in [2.05, 4.69) is 46.5 Å². The predicted octanol–water partition coefficient (Wildman–Crippen LogP) is 3.52. The molecule has 1 unspecified atom stereocenters. The molecule has 4 rings (SSSR count). The van der Waals surface area contributed by atoms with Gasteiger partial charge in [-0.25, -0.2) is 4.98 Å². The molecule has 0 spiro atoms. The Morgan fingerprint density at radius 2 is 2.07 bits per heavy atom. The molecule has 0 bridgehead atoms. The number of benzene rings is 1. The second-order valence-corrected chi connectivity index (χ2v) is 7.72. The number of nitrogens with one attached hydrogen (secondary N) is 1. The Morgan fingerprint density at radius 1 is 1.25 bits per heavy atom. The Balaban J connectivity index is 1.50. The van der Waals surface area contributed by atoms with Crippen molar-refractivity contribution in [3.63, 3.8) is 0 Å². The average molecular weight is 395 g/mol. The predicted molar refractivity (Wildman–Crippen MR) is 111 cm³/mol. The highest BCUT2D eigenvalue weighted by Gasteiger charge is 2.13. The molecule has 7 nitrogen and oxygen atoms in total. The highest BCUT2D eigenvalue weighted by Crippen LogP contribution is 2.23. The van der Waals surface area contributed by atoms with E-state index in [1.165, 1.54) is 21.4 Å². The van der Waals surface area contributed by atoms with Crippen LogP contribution in [0.5, 0.6) is 0 Å². The van der Waals surface area contributed by atoms with E-state index in [-0.39, 0.29) is 11.6 Å². The maximum absolute atomic E-state index is 12.2. The van der Waals surface area contributed by atoms with Gasteiger partial charge in [-0.15, -0.1) is 5.10 Å². The first-order valence-electron chi connectivity index (χ1n) is 9.35. The lowest BCUT2D eigenvalue weighted by molar-refractivity contribution is 0.685. The molecule has 0 aliphatic heterocycles. The fraction of sp³-hybridized carbons (Fsp3) is 0.300. The van der Waals surface area contributed by atoms with Crippen molar-refractivity contribution in [2.75, 3.05) is 5.32 Å². The van der Waals surface area contributed by atoms with Crippen molar-refractivity contribution >= 4 is 21.4 Å². The lowest BCUT2D eigenvalue weighted by atomic mass is 10.2. The number of hydrogen-bond donors (Lipinski definition) is 1. The highest BCUT2D eigenvalue weighted by molar-refractivity contribution is 7.20. The molecule has 4 aromatic rings. The molecule has 0 aliphatic carbocycles. The van der Waals surface area contributed by atoms with Gasteiger partial charge in [0.1, 0.15) is 0 Å². The first-order chi connectivity index (χ1) is 13.6. The van der Waals surface area contributed by atoms with E-state index in [0.29, 0.717) is 10.1 Å². The van der Waals surface area contributed by atoms with E-state index in [1.807, 2.05) is 35.3 Å². The summed E-state index contributed by atoms with van der Waals surface area (Å²) in [6.45, 7) is 4.85. The van der Waals surface area contributed by atoms with E-state index >= 15 is 0 Å². The molecule has 0 aliphatic rings. The van der Waals surface area contributed by atoms with Crippen LogP contribution in [-0.2, 0) is 13.0 Å². The van der Waals surface area contributed by atoms with E-state index in [0.717, 1.165) is 30.6 Å². The molecule has 8 heteroatoms. The molecule has 3 heterocycles. The Labute approximate surface area is 166 Å². The topological polar surface area (TPSA) is 77.1 Å². The van der Waals surface area contributed by atoms with Crippen molar-refractivity contribution in [2.24, 2.45) is 0 Å². The number of nitrogens with zero attached hydrogens (tertiary/aromatic N) is 5. The zero-order chi connectivity index (χ0) is 19.5. The molecule has 0 saturated heterocycles. The number of anilines is 1. The van der Waals surface area contributed by atoms with Gasteiger partial charge in [0.15, 0.2) is 0 Å². The van der Waals surface area contributed by atoms with Crippen molar-refractivity contribution in [3.05, 3.63) is 76.0 Å². The molecular weight excluding hydrogens is 372 g/mol. The smallest absolute Gasteiger partial charge is 0.275 e. The first-order valence-corrected chi connectivity index (χ1v) is 10.2. The summed E-state index contributed by atoms with van der Waals surface area (Å²) in [4.78, 5) is 17.4. The molecule has 0 radical (unpaired) electrons. The van der Waals surface area contributed by atoms with Crippen LogP contribution in [0.1, 0.15) is 43.1 Å². The minimum Gasteiger partial charge on any atom is -0.353 e. The van der Waals surface area contributed by atoms with Crippen molar-refractivity contribution in [3.8, 4) is 0 Å². The van der Waals surface area contributed by atoms with E-state index < -0.39 is 0 Å². The van der Waals surface area contributed by atoms with Crippen molar-refractivity contribution < 1.29 is 0 Å². The van der Waals surface area contributed by atoms with Gasteiger partial charge in [-0.2, -0.15) is 9.61 Å². The second kappa shape index (κ2) is 7.93. The summed E-state index contributed by atoms with van der Waals surface area (Å²) in [6.07, 6.45) is 5.64. The summed E-state index contributed by atoms with van der Waals surface area (Å²) in [5.41, 5.74) is 2.94. The number of aryl methyl sites for hydroxylation is 1. The van der Waals surface area contributed by atoms with Crippen LogP contribution >= 0.6 is 11.3 Å². The lowest BCUT2D eigenvalue weighted by Crippen LogP contribution is -2.15. The van der Waals surface area contributed by atoms with Crippen molar-refractivity contribution in [2.45, 2.75) is 39.3 Å². The van der Waals surface area contributed by atoms with E-state index in [9.17, 15) is 4.79 Å². The quantitative estimate of drug-likeness (QED) is 0.519. The third-order valence-corrected chi connectivity index (χ3v) is 5.32. The van der Waals surface area contributed by atoms with Gasteiger partial charge >= 0.3 is 0 Å². The molecule has 0 saturated carbocycles. The maximum Gasteiger partial charge on any atom is 0.275 e. The molecule has 1 N–H and O–H groups in total. The van der Waals surface area contributed by atoms with Gasteiger partial charge in [-0.3, -0.25) is 9.48 Å². The molecule has 1 aromatic carbocycles. The number of rotatable bonds is 7. The molecule has 28 heavy (non-hydrogen) atoms. The summed E-state index contributed by atoms with van der Waals surface area (Å²) in [5, 5.41) is 12.9. The first kappa shape index (κ1) is 18.4. The van der Waals surface area contributed by atoms with Crippen LogP contribution in [0.3, 0.4) is 0 Å². The number of fused-ring (bicyclic) bond motifs is 1. The van der Waals surface area contributed by atoms with Crippen molar-refractivity contribution in [1.82, 2.24) is 24.4 Å². The Morgan fingerprint density at radius 3 is 2.86 bits per heavy atom. The molecule has 144 valence electrons. The number of aromatic nitrogens is 5. The van der Waals surface area contributed by atoms with E-state index in [4.69, 9.17) is 0 Å². The molecule has 1 atom stereocenters. The standard InChI is InChI=1S/C20H22N6OS/c1-3-7-17-10-18(27)26-20(23-17)28-19(24-26)22-14(2)16-11-21-25(13-16)12-15-8-5-4-6-9-15/h4-6,8-11,13-14H,3,7,12H2,1-2H3,(H,22,24). The van der Waals surface area contributed by atoms with Gasteiger partial charge in [0, 0.05) is 23.5 Å². The summed E-state index contributed by atoms with van der Waals surface area (Å²) in [6, 6.07) is 11.8. The number of hydrogen-bond acceptors (Lipinski definition) is 6. The van der Waals surface area contributed by atoms with Gasteiger partial charge in [0.2, 0.25) is 10.1 Å². The van der Waals surface area contributed by atoms with Gasteiger partial charge < -0.3 is 5.32 Å². The summed E-state index contributed by atoms with van der Waals surface area (Å²) in [7, 11) is 0. The minimum absolute atomic E-state index is 0.0101. The van der Waals surface area contributed by atoms with Crippen LogP contribution in [-0.4, -0.2) is 24.4 Å². The molecule has 0 amide bonds. The summed E-state index contributed by atoms with van der Waals surface area (Å²) >= 11 is 1.39. The van der Waals surface area contributed by atoms with Crippen LogP contribution in [0.2, 0.25) is 0 Å². The van der Waals surface area contributed by atoms with Crippen LogP contribution in [0, 0.1) is 0 Å². The summed E-state index contributed by atoms with van der Waals surface area (Å²) in [5.74, 6) is 0. The lowest BCUT2D eigenvalue weighted by Gasteiger charge is -2.09. The zero-order valence-electron chi connectivity index (χ0n) is 15.9. The second-order valence-electron chi connectivity index (χ2n) is 6.76. The van der Waals surface area contributed by atoms with Crippen molar-refractivity contribution in [1.29, 1.82) is 0 Å². The van der Waals surface area contributed by atoms with Crippen LogP contribution in [0.25, 0.3) is 4.96 Å². The Bertz CT molecular complexity index is 1130. The zero-order valence-corrected chi connectivity index (χ0v) is 16.7. The molecule has 0 fully saturated rings. The SMILES string of the molecule is CCCc1cc(=O)n2nc(NC(C)c3cnn(Cc4ccccc4)c3)sc2n1. The van der Waals surface area contributed by atoms with Crippen LogP contribution < -0.4 is 10.9 Å². The van der Waals surface area contributed by atoms with Gasteiger partial charge in [-0.1, -0.05) is 55.0 Å². The Kier molecular flexibility index (Phi) is 5.21. The molecule has 3 aromatic heterocycles. The third-order valence-electron chi connectivity index (χ3n) is 4.48. The largest absolute Gasteiger partial charge is 0.353 e. The van der Waals surface area contributed by atoms with Crippen LogP contribution in [0.4, 0.5) is 5.13 Å². The fourth-order valence-corrected chi connectivity index (χ4v) is 3.94. The monoisotopic (exact) mass is 394 g/mol. The van der Waals surface area contributed by atoms with Gasteiger partial charge in [0.25, 0.3) is 5.56 Å². The third kappa shape index (κ3) is 3.96. The van der Waals surface area contributed by atoms with Crippen LogP contribution in [0.15, 0.2) is 53.6 Å². The fourth-order valence-electron chi connectivity index (χ4n) is 3.03. The van der Waals surface area contributed by atoms with Gasteiger partial charge in [0.05, 0.1) is 18.8 Å². The maximum atomic E-state index is 12.2. The highest BCUT2D eigenvalue weighted by atomic mass is 32.1. The summed E-state index contributed by atoms with van der Waals surface area (Å²) < 4.78 is 3.28. The Hall–Kier alpha value is -3.00. The minimum atomic E-state index is -0.138. The van der Waals surface area contributed by atoms with E-state index in [1.54, 1.807) is 6.07 Å². The molecular formula is C20H22N6OS.